The van der Waals surface area contributed by atoms with Crippen molar-refractivity contribution in [1.29, 1.82) is 0 Å². The maximum absolute atomic E-state index is 6.39. The van der Waals surface area contributed by atoms with Crippen molar-refractivity contribution in [1.82, 2.24) is 14.5 Å². The Morgan fingerprint density at radius 2 is 1.07 bits per heavy atom. The van der Waals surface area contributed by atoms with Gasteiger partial charge in [-0.1, -0.05) is 164 Å². The summed E-state index contributed by atoms with van der Waals surface area (Å²) in [5, 5.41) is 9.86. The molecule has 4 nitrogen and oxygen atoms in total. The van der Waals surface area contributed by atoms with E-state index in [-0.39, 0.29) is 0 Å². The number of rotatable bonds is 5. The molecule has 0 saturated carbocycles. The maximum Gasteiger partial charge on any atom is 0.185 e. The van der Waals surface area contributed by atoms with E-state index < -0.39 is 8.07 Å². The first kappa shape index (κ1) is 32.0. The molecule has 4 heterocycles. The zero-order chi connectivity index (χ0) is 37.5. The second-order valence-corrected chi connectivity index (χ2v) is 18.5. The highest BCUT2D eigenvalue weighted by Gasteiger charge is 2.51. The summed E-state index contributed by atoms with van der Waals surface area (Å²) in [6.45, 7) is 0. The molecule has 0 amide bonds. The fourth-order valence-corrected chi connectivity index (χ4v) is 14.8. The first-order valence-corrected chi connectivity index (χ1v) is 21.4. The fourth-order valence-electron chi connectivity index (χ4n) is 9.57. The second kappa shape index (κ2) is 12.3. The van der Waals surface area contributed by atoms with Crippen LogP contribution in [0.2, 0.25) is 0 Å². The summed E-state index contributed by atoms with van der Waals surface area (Å²) < 4.78 is 8.80. The average molecular weight is 744 g/mol. The summed E-state index contributed by atoms with van der Waals surface area (Å²) in [5.74, 6) is 0.724. The number of fused-ring (bicyclic) bond motifs is 10. The number of hydrogen-bond donors (Lipinski definition) is 0. The van der Waals surface area contributed by atoms with Gasteiger partial charge in [-0.05, 0) is 52.0 Å². The predicted octanol–water partition coefficient (Wildman–Crippen LogP) is 10.2. The van der Waals surface area contributed by atoms with E-state index in [4.69, 9.17) is 14.4 Å². The number of furan rings is 1. The van der Waals surface area contributed by atoms with Gasteiger partial charge < -0.3 is 8.98 Å². The monoisotopic (exact) mass is 743 g/mol. The topological polar surface area (TPSA) is 43.9 Å². The third-order valence-corrected chi connectivity index (χ3v) is 16.7. The molecule has 0 bridgehead atoms. The van der Waals surface area contributed by atoms with Crippen molar-refractivity contribution in [2.24, 2.45) is 0 Å². The van der Waals surface area contributed by atoms with Crippen LogP contribution in [0.15, 0.2) is 205 Å². The van der Waals surface area contributed by atoms with E-state index in [0.717, 1.165) is 67.0 Å². The van der Waals surface area contributed by atoms with Crippen LogP contribution in [0.4, 0.5) is 0 Å². The lowest BCUT2D eigenvalue weighted by molar-refractivity contribution is 0.669. The van der Waals surface area contributed by atoms with Crippen molar-refractivity contribution in [3.05, 3.63) is 200 Å². The average Bonchev–Trinajstić information content (AvgIpc) is 3.93. The molecule has 3 aromatic heterocycles. The van der Waals surface area contributed by atoms with Gasteiger partial charge in [-0.25, -0.2) is 9.97 Å². The first-order valence-electron chi connectivity index (χ1n) is 19.4. The molecule has 0 spiro atoms. The van der Waals surface area contributed by atoms with Crippen molar-refractivity contribution in [2.45, 2.75) is 0 Å². The van der Waals surface area contributed by atoms with Gasteiger partial charge in [-0.15, -0.1) is 0 Å². The molecular weight excluding hydrogens is 711 g/mol. The van der Waals surface area contributed by atoms with Gasteiger partial charge in [-0.2, -0.15) is 0 Å². The van der Waals surface area contributed by atoms with Crippen molar-refractivity contribution in [3.8, 4) is 39.6 Å². The Kier molecular flexibility index (Phi) is 6.91. The van der Waals surface area contributed by atoms with Crippen LogP contribution in [0.3, 0.4) is 0 Å². The van der Waals surface area contributed by atoms with Crippen molar-refractivity contribution in [2.75, 3.05) is 0 Å². The van der Waals surface area contributed by atoms with Crippen LogP contribution in [0, 0.1) is 0 Å². The van der Waals surface area contributed by atoms with E-state index in [1.54, 1.807) is 0 Å². The van der Waals surface area contributed by atoms with Gasteiger partial charge in [0.2, 0.25) is 0 Å². The Hall–Kier alpha value is -7.34. The molecule has 0 unspecified atom stereocenters. The molecule has 0 atom stereocenters. The lowest BCUT2D eigenvalue weighted by Crippen LogP contribution is -2.73. The quantitative estimate of drug-likeness (QED) is 0.165. The van der Waals surface area contributed by atoms with Crippen molar-refractivity contribution >= 4 is 72.6 Å². The van der Waals surface area contributed by atoms with Gasteiger partial charge in [0.05, 0.1) is 22.4 Å². The summed E-state index contributed by atoms with van der Waals surface area (Å²) in [6, 6.07) is 71.9. The van der Waals surface area contributed by atoms with Gasteiger partial charge in [0.15, 0.2) is 13.9 Å². The third-order valence-electron chi connectivity index (χ3n) is 11.9. The zero-order valence-corrected chi connectivity index (χ0v) is 31.8. The van der Waals surface area contributed by atoms with Gasteiger partial charge in [0.1, 0.15) is 11.2 Å². The minimum absolute atomic E-state index is 0.724. The third kappa shape index (κ3) is 4.55. The molecule has 11 aromatic rings. The van der Waals surface area contributed by atoms with Crippen LogP contribution in [0.25, 0.3) is 83.3 Å². The standard InChI is InChI=1S/C52H33N3OSi/c1-4-17-34(18-5-1)52-53-49(51-50(54-52)41-27-12-15-30-46(41)57(51,37-21-6-2-7-22-37)38-23-8-3-9-24-38)35-19-16-20-36(33-35)55-42-28-13-10-25-39(42)47-43(55)31-32-45-48(47)40-26-11-14-29-44(40)56-45/h1-33H. The van der Waals surface area contributed by atoms with E-state index >= 15 is 0 Å². The molecular formula is C52H33N3OSi. The highest BCUT2D eigenvalue weighted by molar-refractivity contribution is 7.22. The Bertz CT molecular complexity index is 3310. The second-order valence-electron chi connectivity index (χ2n) is 14.8. The zero-order valence-electron chi connectivity index (χ0n) is 30.8. The molecule has 5 heteroatoms. The summed E-state index contributed by atoms with van der Waals surface area (Å²) >= 11 is 0. The molecule has 266 valence electrons. The lowest BCUT2D eigenvalue weighted by Gasteiger charge is -2.32. The van der Waals surface area contributed by atoms with E-state index in [2.05, 4.69) is 193 Å². The lowest BCUT2D eigenvalue weighted by atomic mass is 10.1. The normalized spacial score (nSPS) is 13.1. The highest BCUT2D eigenvalue weighted by Crippen LogP contribution is 2.42. The highest BCUT2D eigenvalue weighted by atomic mass is 28.3. The molecule has 8 aromatic carbocycles. The predicted molar refractivity (Wildman–Crippen MR) is 237 cm³/mol. The number of nitrogens with zero attached hydrogens (tertiary/aromatic N) is 3. The number of para-hydroxylation sites is 2. The van der Waals surface area contributed by atoms with Crippen LogP contribution in [-0.2, 0) is 0 Å². The summed E-state index contributed by atoms with van der Waals surface area (Å²) in [5.41, 5.74) is 10.4. The van der Waals surface area contributed by atoms with Crippen LogP contribution >= 0.6 is 0 Å². The Morgan fingerprint density at radius 3 is 1.86 bits per heavy atom. The minimum atomic E-state index is -2.94. The van der Waals surface area contributed by atoms with Gasteiger partial charge in [-0.3, -0.25) is 0 Å². The van der Waals surface area contributed by atoms with Crippen molar-refractivity contribution < 1.29 is 4.42 Å². The molecule has 57 heavy (non-hydrogen) atoms. The molecule has 12 rings (SSSR count). The van der Waals surface area contributed by atoms with Crippen LogP contribution in [-0.4, -0.2) is 22.6 Å². The molecule has 1 aliphatic rings. The Morgan fingerprint density at radius 1 is 0.439 bits per heavy atom. The smallest absolute Gasteiger partial charge is 0.185 e. The Balaban J connectivity index is 1.19. The summed E-state index contributed by atoms with van der Waals surface area (Å²) in [7, 11) is -2.94. The molecule has 0 aliphatic carbocycles. The SMILES string of the molecule is c1ccc(-c2nc(-c3cccc(-n4c5ccccc5c5c6c(ccc54)oc4ccccc46)c3)c3c(n2)-c2ccccc2[Si]3(c2ccccc2)c2ccccc2)cc1. The first-order chi connectivity index (χ1) is 28.3. The Labute approximate surface area is 330 Å². The van der Waals surface area contributed by atoms with E-state index in [1.165, 1.54) is 37.1 Å². The molecule has 1 aliphatic heterocycles. The van der Waals surface area contributed by atoms with E-state index in [9.17, 15) is 0 Å². The summed E-state index contributed by atoms with van der Waals surface area (Å²) in [4.78, 5) is 11.1. The minimum Gasteiger partial charge on any atom is -0.456 e. The number of benzene rings is 8. The van der Waals surface area contributed by atoms with Crippen LogP contribution in [0.5, 0.6) is 0 Å². The molecule has 0 N–H and O–H groups in total. The molecule has 0 saturated heterocycles. The molecule has 0 radical (unpaired) electrons. The van der Waals surface area contributed by atoms with Gasteiger partial charge >= 0.3 is 0 Å². The van der Waals surface area contributed by atoms with Crippen LogP contribution < -0.4 is 20.7 Å². The van der Waals surface area contributed by atoms with E-state index in [1.807, 2.05) is 12.1 Å². The largest absolute Gasteiger partial charge is 0.456 e. The van der Waals surface area contributed by atoms with Crippen LogP contribution in [0.1, 0.15) is 0 Å². The summed E-state index contributed by atoms with van der Waals surface area (Å²) in [6.07, 6.45) is 0. The number of hydrogen-bond acceptors (Lipinski definition) is 3. The van der Waals surface area contributed by atoms with Crippen molar-refractivity contribution in [3.63, 3.8) is 0 Å². The van der Waals surface area contributed by atoms with Gasteiger partial charge in [0.25, 0.3) is 0 Å². The fraction of sp³-hybridized carbons (Fsp3) is 0. The molecule has 0 fully saturated rings. The number of aromatic nitrogens is 3. The van der Waals surface area contributed by atoms with E-state index in [0.29, 0.717) is 0 Å². The van der Waals surface area contributed by atoms with Gasteiger partial charge in [0, 0.05) is 49.1 Å². The maximum atomic E-state index is 6.39.